The summed E-state index contributed by atoms with van der Waals surface area (Å²) in [6, 6.07) is 19.3. The molecule has 0 aliphatic carbocycles. The quantitative estimate of drug-likeness (QED) is 0.628. The lowest BCUT2D eigenvalue weighted by Crippen LogP contribution is -2.22. The van der Waals surface area contributed by atoms with Crippen molar-refractivity contribution in [2.45, 2.75) is 25.9 Å². The second-order valence-electron chi connectivity index (χ2n) is 5.40. The second kappa shape index (κ2) is 8.35. The average Bonchev–Trinajstić information content (AvgIpc) is 2.59. The molecule has 22 heavy (non-hydrogen) atoms. The second-order valence-corrected chi connectivity index (χ2v) is 5.40. The number of aliphatic hydroxyl groups excluding tert-OH is 1. The third-order valence-corrected chi connectivity index (χ3v) is 3.68. The SMILES string of the molecule is C[C@H](C(=O)OCCCc1ccccc1)[C@@H](O)c1ccccc1. The smallest absolute Gasteiger partial charge is 0.311 e. The number of hydrogen-bond acceptors (Lipinski definition) is 3. The highest BCUT2D eigenvalue weighted by Gasteiger charge is 2.24. The normalized spacial score (nSPS) is 13.4. The van der Waals surface area contributed by atoms with Crippen LogP contribution in [0, 0.1) is 5.92 Å². The Morgan fingerprint density at radius 3 is 2.27 bits per heavy atom. The van der Waals surface area contributed by atoms with Gasteiger partial charge in [0.15, 0.2) is 0 Å². The first-order chi connectivity index (χ1) is 10.7. The minimum atomic E-state index is -0.831. The maximum Gasteiger partial charge on any atom is 0.311 e. The number of esters is 1. The van der Waals surface area contributed by atoms with E-state index in [0.29, 0.717) is 6.61 Å². The number of carbonyl (C=O) groups is 1. The van der Waals surface area contributed by atoms with E-state index in [1.807, 2.05) is 48.5 Å². The first kappa shape index (κ1) is 16.2. The van der Waals surface area contributed by atoms with Crippen molar-refractivity contribution in [3.8, 4) is 0 Å². The molecule has 0 saturated heterocycles. The zero-order chi connectivity index (χ0) is 15.8. The van der Waals surface area contributed by atoms with E-state index in [1.54, 1.807) is 6.92 Å². The van der Waals surface area contributed by atoms with Crippen LogP contribution < -0.4 is 0 Å². The predicted molar refractivity (Wildman–Crippen MR) is 86.3 cm³/mol. The van der Waals surface area contributed by atoms with Gasteiger partial charge in [0.1, 0.15) is 0 Å². The molecule has 0 bridgehead atoms. The number of benzene rings is 2. The monoisotopic (exact) mass is 298 g/mol. The summed E-state index contributed by atoms with van der Waals surface area (Å²) in [5, 5.41) is 10.2. The fourth-order valence-electron chi connectivity index (χ4n) is 2.29. The van der Waals surface area contributed by atoms with Crippen molar-refractivity contribution in [2.24, 2.45) is 5.92 Å². The molecular formula is C19H22O3. The van der Waals surface area contributed by atoms with Gasteiger partial charge < -0.3 is 9.84 Å². The lowest BCUT2D eigenvalue weighted by molar-refractivity contribution is -0.152. The van der Waals surface area contributed by atoms with E-state index >= 15 is 0 Å². The average molecular weight is 298 g/mol. The van der Waals surface area contributed by atoms with Crippen LogP contribution in [0.1, 0.15) is 30.6 Å². The molecule has 0 saturated carbocycles. The molecule has 0 radical (unpaired) electrons. The molecule has 0 aromatic heterocycles. The van der Waals surface area contributed by atoms with Crippen LogP contribution in [0.2, 0.25) is 0 Å². The molecular weight excluding hydrogens is 276 g/mol. The van der Waals surface area contributed by atoms with Gasteiger partial charge in [-0.25, -0.2) is 0 Å². The van der Waals surface area contributed by atoms with Crippen molar-refractivity contribution < 1.29 is 14.6 Å². The number of hydrogen-bond donors (Lipinski definition) is 1. The Kier molecular flexibility index (Phi) is 6.16. The fraction of sp³-hybridized carbons (Fsp3) is 0.316. The highest BCUT2D eigenvalue weighted by molar-refractivity contribution is 5.73. The van der Waals surface area contributed by atoms with Gasteiger partial charge in [0.05, 0.1) is 18.6 Å². The zero-order valence-corrected chi connectivity index (χ0v) is 12.8. The Morgan fingerprint density at radius 1 is 1.05 bits per heavy atom. The van der Waals surface area contributed by atoms with Crippen LogP contribution in [0.5, 0.6) is 0 Å². The Balaban J connectivity index is 1.75. The minimum absolute atomic E-state index is 0.357. The Bertz CT molecular complexity index is 566. The number of ether oxygens (including phenoxy) is 1. The van der Waals surface area contributed by atoms with Gasteiger partial charge in [-0.2, -0.15) is 0 Å². The van der Waals surface area contributed by atoms with Gasteiger partial charge in [-0.3, -0.25) is 4.79 Å². The highest BCUT2D eigenvalue weighted by atomic mass is 16.5. The topological polar surface area (TPSA) is 46.5 Å². The fourth-order valence-corrected chi connectivity index (χ4v) is 2.29. The van der Waals surface area contributed by atoms with Crippen molar-refractivity contribution in [3.05, 3.63) is 71.8 Å². The van der Waals surface area contributed by atoms with Gasteiger partial charge in [-0.1, -0.05) is 60.7 Å². The molecule has 116 valence electrons. The Labute approximate surface area is 131 Å². The summed E-state index contributed by atoms with van der Waals surface area (Å²) in [7, 11) is 0. The standard InChI is InChI=1S/C19H22O3/c1-15(18(20)17-12-6-3-7-13-17)19(21)22-14-8-11-16-9-4-2-5-10-16/h2-7,9-10,12-13,15,18,20H,8,11,14H2,1H3/t15-,18+/m0/s1. The van der Waals surface area contributed by atoms with Crippen molar-refractivity contribution in [1.29, 1.82) is 0 Å². The first-order valence-corrected chi connectivity index (χ1v) is 7.62. The van der Waals surface area contributed by atoms with Crippen molar-refractivity contribution in [3.63, 3.8) is 0 Å². The molecule has 0 heterocycles. The van der Waals surface area contributed by atoms with E-state index in [4.69, 9.17) is 4.74 Å². The number of aliphatic hydroxyl groups is 1. The van der Waals surface area contributed by atoms with Crippen LogP contribution in [0.25, 0.3) is 0 Å². The van der Waals surface area contributed by atoms with Gasteiger partial charge in [0.2, 0.25) is 0 Å². The number of carbonyl (C=O) groups excluding carboxylic acids is 1. The van der Waals surface area contributed by atoms with Crippen LogP contribution in [0.3, 0.4) is 0 Å². The highest BCUT2D eigenvalue weighted by Crippen LogP contribution is 2.22. The predicted octanol–water partition coefficient (Wildman–Crippen LogP) is 3.53. The Hall–Kier alpha value is -2.13. The maximum atomic E-state index is 12.0. The van der Waals surface area contributed by atoms with Crippen molar-refractivity contribution >= 4 is 5.97 Å². The first-order valence-electron chi connectivity index (χ1n) is 7.62. The van der Waals surface area contributed by atoms with Crippen LogP contribution in [-0.4, -0.2) is 17.7 Å². The summed E-state index contributed by atoms with van der Waals surface area (Å²) < 4.78 is 5.27. The molecule has 1 N–H and O–H groups in total. The van der Waals surface area contributed by atoms with Crippen LogP contribution in [-0.2, 0) is 16.0 Å². The molecule has 0 spiro atoms. The summed E-state index contributed by atoms with van der Waals surface area (Å²) in [6.45, 7) is 2.07. The lowest BCUT2D eigenvalue weighted by atomic mass is 9.98. The molecule has 2 aromatic rings. The molecule has 2 rings (SSSR count). The Morgan fingerprint density at radius 2 is 1.64 bits per heavy atom. The van der Waals surface area contributed by atoms with Crippen molar-refractivity contribution in [2.75, 3.05) is 6.61 Å². The van der Waals surface area contributed by atoms with Crippen LogP contribution >= 0.6 is 0 Å². The summed E-state index contributed by atoms with van der Waals surface area (Å²) in [6.07, 6.45) is 0.830. The molecule has 2 aromatic carbocycles. The molecule has 0 fully saturated rings. The molecule has 0 aliphatic rings. The minimum Gasteiger partial charge on any atom is -0.465 e. The van der Waals surface area contributed by atoms with Gasteiger partial charge in [-0.15, -0.1) is 0 Å². The third-order valence-electron chi connectivity index (χ3n) is 3.68. The van der Waals surface area contributed by atoms with E-state index in [9.17, 15) is 9.90 Å². The zero-order valence-electron chi connectivity index (χ0n) is 12.8. The summed E-state index contributed by atoms with van der Waals surface area (Å²) in [4.78, 5) is 12.0. The van der Waals surface area contributed by atoms with Gasteiger partial charge in [0.25, 0.3) is 0 Å². The summed E-state index contributed by atoms with van der Waals surface area (Å²) in [5.41, 5.74) is 1.96. The van der Waals surface area contributed by atoms with Crippen LogP contribution in [0.4, 0.5) is 0 Å². The molecule has 0 unspecified atom stereocenters. The van der Waals surface area contributed by atoms with E-state index in [0.717, 1.165) is 18.4 Å². The van der Waals surface area contributed by atoms with Gasteiger partial charge >= 0.3 is 5.97 Å². The van der Waals surface area contributed by atoms with Gasteiger partial charge in [-0.05, 0) is 30.9 Å². The summed E-state index contributed by atoms with van der Waals surface area (Å²) in [5.74, 6) is -0.927. The van der Waals surface area contributed by atoms with E-state index in [2.05, 4.69) is 12.1 Å². The number of rotatable bonds is 7. The third kappa shape index (κ3) is 4.71. The number of aryl methyl sites for hydroxylation is 1. The molecule has 3 heteroatoms. The molecule has 2 atom stereocenters. The van der Waals surface area contributed by atoms with E-state index in [-0.39, 0.29) is 5.97 Å². The lowest BCUT2D eigenvalue weighted by Gasteiger charge is -2.18. The molecule has 0 aliphatic heterocycles. The largest absolute Gasteiger partial charge is 0.465 e. The van der Waals surface area contributed by atoms with Crippen molar-refractivity contribution in [1.82, 2.24) is 0 Å². The van der Waals surface area contributed by atoms with E-state index < -0.39 is 12.0 Å². The van der Waals surface area contributed by atoms with E-state index in [1.165, 1.54) is 5.56 Å². The molecule has 0 amide bonds. The maximum absolute atomic E-state index is 12.0. The summed E-state index contributed by atoms with van der Waals surface area (Å²) >= 11 is 0. The van der Waals surface area contributed by atoms with Crippen LogP contribution in [0.15, 0.2) is 60.7 Å². The van der Waals surface area contributed by atoms with Gasteiger partial charge in [0, 0.05) is 0 Å². The molecule has 3 nitrogen and oxygen atoms in total.